The van der Waals surface area contributed by atoms with Crippen LogP contribution in [0.15, 0.2) is 47.4 Å². The normalized spacial score (nSPS) is 17.0. The zero-order chi connectivity index (χ0) is 18.3. The van der Waals surface area contributed by atoms with Gasteiger partial charge in [-0.1, -0.05) is 23.7 Å². The highest BCUT2D eigenvalue weighted by Gasteiger charge is 2.32. The van der Waals surface area contributed by atoms with Gasteiger partial charge in [0.1, 0.15) is 10.7 Å². The molecule has 1 aliphatic heterocycles. The minimum Gasteiger partial charge on any atom is -0.241 e. The highest BCUT2D eigenvalue weighted by Crippen LogP contribution is 2.35. The molecule has 2 heterocycles. The molecule has 0 amide bonds. The highest BCUT2D eigenvalue weighted by atomic mass is 35.5. The fourth-order valence-electron chi connectivity index (χ4n) is 3.23. The van der Waals surface area contributed by atoms with Gasteiger partial charge in [0, 0.05) is 24.0 Å². The van der Waals surface area contributed by atoms with E-state index in [2.05, 4.69) is 4.98 Å². The van der Waals surface area contributed by atoms with Crippen LogP contribution >= 0.6 is 22.9 Å². The first-order valence-corrected chi connectivity index (χ1v) is 10.9. The predicted molar refractivity (Wildman–Crippen MR) is 102 cm³/mol. The van der Waals surface area contributed by atoms with Crippen molar-refractivity contribution < 1.29 is 12.8 Å². The van der Waals surface area contributed by atoms with Crippen molar-refractivity contribution >= 4 is 43.2 Å². The molecule has 1 fully saturated rings. The molecule has 26 heavy (non-hydrogen) atoms. The summed E-state index contributed by atoms with van der Waals surface area (Å²) in [5.41, 5.74) is 0.978. The Hall–Kier alpha value is -1.54. The number of nitrogens with zero attached hydrogens (tertiary/aromatic N) is 2. The average molecular weight is 411 g/mol. The van der Waals surface area contributed by atoms with Crippen molar-refractivity contribution in [2.24, 2.45) is 0 Å². The molecule has 4 rings (SSSR count). The van der Waals surface area contributed by atoms with Crippen LogP contribution in [0.5, 0.6) is 0 Å². The third kappa shape index (κ3) is 3.24. The lowest BCUT2D eigenvalue weighted by Gasteiger charge is -2.30. The second-order valence-corrected chi connectivity index (χ2v) is 9.68. The number of hydrogen-bond donors (Lipinski definition) is 0. The van der Waals surface area contributed by atoms with Gasteiger partial charge in [0.2, 0.25) is 10.0 Å². The molecule has 1 aromatic heterocycles. The number of sulfonamides is 1. The van der Waals surface area contributed by atoms with Crippen molar-refractivity contribution in [3.63, 3.8) is 0 Å². The van der Waals surface area contributed by atoms with Gasteiger partial charge in [0.25, 0.3) is 0 Å². The summed E-state index contributed by atoms with van der Waals surface area (Å²) in [6, 6.07) is 11.6. The van der Waals surface area contributed by atoms with E-state index in [1.165, 1.54) is 16.4 Å². The monoisotopic (exact) mass is 410 g/mol. The van der Waals surface area contributed by atoms with Gasteiger partial charge in [-0.15, -0.1) is 11.3 Å². The van der Waals surface area contributed by atoms with E-state index >= 15 is 0 Å². The molecule has 0 spiro atoms. The number of piperidine rings is 1. The predicted octanol–water partition coefficient (Wildman–Crippen LogP) is 4.66. The van der Waals surface area contributed by atoms with E-state index < -0.39 is 15.8 Å². The standard InChI is InChI=1S/C18H16ClFN2O2S2/c19-13-5-6-17(14(20)11-13)26(23,24)22-9-7-12(8-10-22)18-21-15-3-1-2-4-16(15)25-18/h1-6,11-12H,7-10H2. The van der Waals surface area contributed by atoms with Crippen LogP contribution in [0.4, 0.5) is 4.39 Å². The Bertz CT molecular complexity index is 1030. The maximum Gasteiger partial charge on any atom is 0.245 e. The van der Waals surface area contributed by atoms with E-state index in [-0.39, 0.29) is 15.8 Å². The quantitative estimate of drug-likeness (QED) is 0.631. The molecule has 0 unspecified atom stereocenters. The smallest absolute Gasteiger partial charge is 0.241 e. The molecular formula is C18H16ClFN2O2S2. The van der Waals surface area contributed by atoms with Crippen LogP contribution in [0.25, 0.3) is 10.2 Å². The fraction of sp³-hybridized carbons (Fsp3) is 0.278. The second-order valence-electron chi connectivity index (χ2n) is 6.27. The summed E-state index contributed by atoms with van der Waals surface area (Å²) in [5, 5.41) is 1.22. The van der Waals surface area contributed by atoms with E-state index in [1.54, 1.807) is 11.3 Å². The van der Waals surface area contributed by atoms with Gasteiger partial charge < -0.3 is 0 Å². The highest BCUT2D eigenvalue weighted by molar-refractivity contribution is 7.89. The molecule has 0 aliphatic carbocycles. The first-order chi connectivity index (χ1) is 12.4. The maximum absolute atomic E-state index is 14.1. The topological polar surface area (TPSA) is 50.3 Å². The average Bonchev–Trinajstić information content (AvgIpc) is 3.05. The Morgan fingerprint density at radius 3 is 2.58 bits per heavy atom. The number of halogens is 2. The minimum atomic E-state index is -3.86. The number of benzene rings is 2. The van der Waals surface area contributed by atoms with Gasteiger partial charge in [-0.2, -0.15) is 4.31 Å². The van der Waals surface area contributed by atoms with Gasteiger partial charge in [-0.25, -0.2) is 17.8 Å². The van der Waals surface area contributed by atoms with E-state index in [4.69, 9.17) is 11.6 Å². The summed E-state index contributed by atoms with van der Waals surface area (Å²) in [4.78, 5) is 4.36. The first-order valence-electron chi connectivity index (χ1n) is 8.26. The van der Waals surface area contributed by atoms with Crippen molar-refractivity contribution in [3.05, 3.63) is 58.3 Å². The van der Waals surface area contributed by atoms with E-state index in [1.807, 2.05) is 24.3 Å². The van der Waals surface area contributed by atoms with E-state index in [9.17, 15) is 12.8 Å². The van der Waals surface area contributed by atoms with Gasteiger partial charge in [-0.05, 0) is 43.2 Å². The largest absolute Gasteiger partial charge is 0.245 e. The van der Waals surface area contributed by atoms with Crippen LogP contribution in [0.1, 0.15) is 23.8 Å². The third-order valence-corrected chi connectivity index (χ3v) is 7.99. The molecule has 0 saturated carbocycles. The summed E-state index contributed by atoms with van der Waals surface area (Å²) in [7, 11) is -3.86. The van der Waals surface area contributed by atoms with Crippen molar-refractivity contribution in [3.8, 4) is 0 Å². The molecule has 2 aromatic carbocycles. The maximum atomic E-state index is 14.1. The number of thiazole rings is 1. The Kier molecular flexibility index (Phi) is 4.73. The summed E-state index contributed by atoms with van der Waals surface area (Å²) in [6.07, 6.45) is 1.35. The molecule has 1 saturated heterocycles. The lowest BCUT2D eigenvalue weighted by molar-refractivity contribution is 0.318. The van der Waals surface area contributed by atoms with Gasteiger partial charge >= 0.3 is 0 Å². The Labute approximate surface area is 160 Å². The van der Waals surface area contributed by atoms with Crippen molar-refractivity contribution in [1.29, 1.82) is 0 Å². The SMILES string of the molecule is O=S(=O)(c1ccc(Cl)cc1F)N1CCC(c2nc3ccccc3s2)CC1. The van der Waals surface area contributed by atoms with Gasteiger partial charge in [0.05, 0.1) is 15.2 Å². The number of aromatic nitrogens is 1. The van der Waals surface area contributed by atoms with Crippen LogP contribution in [0, 0.1) is 5.82 Å². The summed E-state index contributed by atoms with van der Waals surface area (Å²) in [6.45, 7) is 0.704. The Morgan fingerprint density at radius 2 is 1.88 bits per heavy atom. The molecule has 136 valence electrons. The Balaban J connectivity index is 1.52. The van der Waals surface area contributed by atoms with E-state index in [0.29, 0.717) is 25.9 Å². The van der Waals surface area contributed by atoms with Crippen LogP contribution in [0.3, 0.4) is 0 Å². The zero-order valence-corrected chi connectivity index (χ0v) is 16.1. The summed E-state index contributed by atoms with van der Waals surface area (Å²) >= 11 is 7.38. The van der Waals surface area contributed by atoms with Crippen LogP contribution in [-0.2, 0) is 10.0 Å². The number of hydrogen-bond acceptors (Lipinski definition) is 4. The Morgan fingerprint density at radius 1 is 1.15 bits per heavy atom. The van der Waals surface area contributed by atoms with Crippen molar-refractivity contribution in [2.45, 2.75) is 23.7 Å². The van der Waals surface area contributed by atoms with Gasteiger partial charge in [-0.3, -0.25) is 0 Å². The fourth-order valence-corrected chi connectivity index (χ4v) is 6.04. The molecule has 0 bridgehead atoms. The minimum absolute atomic E-state index is 0.177. The summed E-state index contributed by atoms with van der Waals surface area (Å²) in [5.74, 6) is -0.584. The zero-order valence-electron chi connectivity index (χ0n) is 13.7. The van der Waals surface area contributed by atoms with Crippen LogP contribution in [-0.4, -0.2) is 30.8 Å². The molecule has 0 N–H and O–H groups in total. The first kappa shape index (κ1) is 17.9. The third-order valence-electron chi connectivity index (χ3n) is 4.63. The van der Waals surface area contributed by atoms with Crippen molar-refractivity contribution in [1.82, 2.24) is 9.29 Å². The lowest BCUT2D eigenvalue weighted by atomic mass is 9.99. The van der Waals surface area contributed by atoms with Gasteiger partial charge in [0.15, 0.2) is 0 Å². The van der Waals surface area contributed by atoms with E-state index in [0.717, 1.165) is 21.3 Å². The second kappa shape index (κ2) is 6.88. The summed E-state index contributed by atoms with van der Waals surface area (Å²) < 4.78 is 42.0. The number of fused-ring (bicyclic) bond motifs is 1. The molecule has 8 heteroatoms. The molecule has 0 atom stereocenters. The molecule has 1 aliphatic rings. The number of rotatable bonds is 3. The van der Waals surface area contributed by atoms with Crippen molar-refractivity contribution in [2.75, 3.05) is 13.1 Å². The van der Waals surface area contributed by atoms with Crippen LogP contribution < -0.4 is 0 Å². The molecular weight excluding hydrogens is 395 g/mol. The lowest BCUT2D eigenvalue weighted by Crippen LogP contribution is -2.38. The molecule has 3 aromatic rings. The molecule has 4 nitrogen and oxygen atoms in total. The van der Waals surface area contributed by atoms with Crippen LogP contribution in [0.2, 0.25) is 5.02 Å². The number of para-hydroxylation sites is 1. The molecule has 0 radical (unpaired) electrons.